The van der Waals surface area contributed by atoms with E-state index < -0.39 is 11.8 Å². The van der Waals surface area contributed by atoms with Gasteiger partial charge in [-0.25, -0.2) is 8.78 Å². The van der Waals surface area contributed by atoms with Crippen LogP contribution in [0.2, 0.25) is 0 Å². The van der Waals surface area contributed by atoms with E-state index in [2.05, 4.69) is 6.92 Å². The minimum atomic E-state index is -2.46. The van der Waals surface area contributed by atoms with Gasteiger partial charge in [0.2, 0.25) is 5.92 Å². The molecule has 0 unspecified atom stereocenters. The summed E-state index contributed by atoms with van der Waals surface area (Å²) in [4.78, 5) is 0. The minimum Gasteiger partial charge on any atom is -0.207 e. The minimum absolute atomic E-state index is 0.0715. The van der Waals surface area contributed by atoms with Crippen molar-refractivity contribution in [3.63, 3.8) is 0 Å². The van der Waals surface area contributed by atoms with E-state index in [9.17, 15) is 8.78 Å². The Hall–Kier alpha value is -0.140. The lowest BCUT2D eigenvalue weighted by molar-refractivity contribution is -0.0540. The zero-order chi connectivity index (χ0) is 15.3. The lowest BCUT2D eigenvalue weighted by Crippen LogP contribution is -2.23. The molecule has 0 aromatic carbocycles. The summed E-state index contributed by atoms with van der Waals surface area (Å²) in [7, 11) is 0. The van der Waals surface area contributed by atoms with Gasteiger partial charge in [0.05, 0.1) is 0 Å². The zero-order valence-electron chi connectivity index (χ0n) is 14.0. The molecule has 0 aromatic heterocycles. The SMILES string of the molecule is CCCCCCCCCCCCCCC(F)(F)C(C)C. The van der Waals surface area contributed by atoms with Gasteiger partial charge >= 0.3 is 0 Å². The second-order valence-electron chi connectivity index (χ2n) is 6.55. The maximum absolute atomic E-state index is 13.3. The lowest BCUT2D eigenvalue weighted by Gasteiger charge is -2.19. The Balaban J connectivity index is 3.17. The van der Waals surface area contributed by atoms with Crippen LogP contribution in [0.3, 0.4) is 0 Å². The maximum atomic E-state index is 13.3. The van der Waals surface area contributed by atoms with Gasteiger partial charge in [-0.15, -0.1) is 0 Å². The van der Waals surface area contributed by atoms with E-state index in [1.54, 1.807) is 13.8 Å². The van der Waals surface area contributed by atoms with Gasteiger partial charge < -0.3 is 0 Å². The van der Waals surface area contributed by atoms with Crippen LogP contribution < -0.4 is 0 Å². The average molecular weight is 290 g/mol. The van der Waals surface area contributed by atoms with Crippen molar-refractivity contribution in [2.24, 2.45) is 5.92 Å². The molecule has 0 spiro atoms. The first-order valence-corrected chi connectivity index (χ1v) is 8.88. The third kappa shape index (κ3) is 11.7. The summed E-state index contributed by atoms with van der Waals surface area (Å²) < 4.78 is 26.7. The average Bonchev–Trinajstić information content (AvgIpc) is 2.39. The second-order valence-corrected chi connectivity index (χ2v) is 6.55. The Morgan fingerprint density at radius 1 is 0.650 bits per heavy atom. The molecule has 0 aliphatic rings. The quantitative estimate of drug-likeness (QED) is 0.293. The van der Waals surface area contributed by atoms with Crippen molar-refractivity contribution in [1.82, 2.24) is 0 Å². The van der Waals surface area contributed by atoms with Crippen LogP contribution in [-0.2, 0) is 0 Å². The summed E-state index contributed by atoms with van der Waals surface area (Å²) >= 11 is 0. The molecule has 0 atom stereocenters. The van der Waals surface area contributed by atoms with E-state index in [0.717, 1.165) is 12.8 Å². The highest BCUT2D eigenvalue weighted by molar-refractivity contribution is 4.69. The fraction of sp³-hybridized carbons (Fsp3) is 1.00. The molecule has 0 aliphatic heterocycles. The molecule has 0 bridgehead atoms. The molecule has 122 valence electrons. The van der Waals surface area contributed by atoms with Crippen molar-refractivity contribution >= 4 is 0 Å². The topological polar surface area (TPSA) is 0 Å². The molecule has 0 amide bonds. The first-order valence-electron chi connectivity index (χ1n) is 8.88. The van der Waals surface area contributed by atoms with Gasteiger partial charge in [0.1, 0.15) is 0 Å². The predicted octanol–water partition coefficient (Wildman–Crippen LogP) is 7.37. The van der Waals surface area contributed by atoms with E-state index in [4.69, 9.17) is 0 Å². The number of unbranched alkanes of at least 4 members (excludes halogenated alkanes) is 11. The smallest absolute Gasteiger partial charge is 0.207 e. The highest BCUT2D eigenvalue weighted by atomic mass is 19.3. The number of rotatable bonds is 14. The molecular weight excluding hydrogens is 254 g/mol. The Kier molecular flexibility index (Phi) is 12.5. The third-order valence-electron chi connectivity index (χ3n) is 4.21. The summed E-state index contributed by atoms with van der Waals surface area (Å²) in [6, 6.07) is 0. The molecule has 20 heavy (non-hydrogen) atoms. The molecule has 2 heteroatoms. The van der Waals surface area contributed by atoms with Gasteiger partial charge in [-0.2, -0.15) is 0 Å². The largest absolute Gasteiger partial charge is 0.250 e. The fourth-order valence-corrected chi connectivity index (χ4v) is 2.49. The molecule has 0 rings (SSSR count). The van der Waals surface area contributed by atoms with Gasteiger partial charge in [0.25, 0.3) is 0 Å². The summed E-state index contributed by atoms with van der Waals surface area (Å²) in [5.74, 6) is -2.98. The molecular formula is C18H36F2. The standard InChI is InChI=1S/C18H36F2/c1-4-5-6-7-8-9-10-11-12-13-14-15-16-18(19,20)17(2)3/h17H,4-16H2,1-3H3. The van der Waals surface area contributed by atoms with Crippen LogP contribution >= 0.6 is 0 Å². The monoisotopic (exact) mass is 290 g/mol. The number of hydrogen-bond acceptors (Lipinski definition) is 0. The fourth-order valence-electron chi connectivity index (χ4n) is 2.49. The lowest BCUT2D eigenvalue weighted by atomic mass is 9.98. The highest BCUT2D eigenvalue weighted by Gasteiger charge is 2.31. The Bertz CT molecular complexity index is 200. The van der Waals surface area contributed by atoms with Gasteiger partial charge in [0, 0.05) is 12.3 Å². The van der Waals surface area contributed by atoms with Crippen molar-refractivity contribution in [3.05, 3.63) is 0 Å². The molecule has 0 aromatic rings. The zero-order valence-corrected chi connectivity index (χ0v) is 14.0. The molecule has 0 saturated carbocycles. The molecule has 0 saturated heterocycles. The summed E-state index contributed by atoms with van der Waals surface area (Å²) in [6.07, 6.45) is 14.9. The molecule has 0 fully saturated rings. The molecule has 0 heterocycles. The van der Waals surface area contributed by atoms with Crippen molar-refractivity contribution in [3.8, 4) is 0 Å². The van der Waals surface area contributed by atoms with Crippen LogP contribution in [0.1, 0.15) is 104 Å². The van der Waals surface area contributed by atoms with E-state index in [1.165, 1.54) is 57.8 Å². The Morgan fingerprint density at radius 2 is 1.00 bits per heavy atom. The van der Waals surface area contributed by atoms with Crippen LogP contribution in [0.25, 0.3) is 0 Å². The van der Waals surface area contributed by atoms with Crippen molar-refractivity contribution in [2.75, 3.05) is 0 Å². The normalized spacial score (nSPS) is 12.3. The van der Waals surface area contributed by atoms with Gasteiger partial charge in [-0.05, 0) is 6.42 Å². The van der Waals surface area contributed by atoms with E-state index in [-0.39, 0.29) is 6.42 Å². The number of alkyl halides is 2. The van der Waals surface area contributed by atoms with Crippen LogP contribution in [0.5, 0.6) is 0 Å². The van der Waals surface area contributed by atoms with Crippen molar-refractivity contribution < 1.29 is 8.78 Å². The summed E-state index contributed by atoms with van der Waals surface area (Å²) in [5.41, 5.74) is 0. The molecule has 0 aliphatic carbocycles. The van der Waals surface area contributed by atoms with Gasteiger partial charge in [0.15, 0.2) is 0 Å². The van der Waals surface area contributed by atoms with Crippen LogP contribution in [-0.4, -0.2) is 5.92 Å². The van der Waals surface area contributed by atoms with Crippen LogP contribution in [0, 0.1) is 5.92 Å². The van der Waals surface area contributed by atoms with Crippen molar-refractivity contribution in [1.29, 1.82) is 0 Å². The third-order valence-corrected chi connectivity index (χ3v) is 4.21. The summed E-state index contributed by atoms with van der Waals surface area (Å²) in [6.45, 7) is 5.47. The number of halogens is 2. The van der Waals surface area contributed by atoms with Gasteiger partial charge in [-0.1, -0.05) is 91.4 Å². The van der Waals surface area contributed by atoms with E-state index in [0.29, 0.717) is 6.42 Å². The van der Waals surface area contributed by atoms with E-state index in [1.807, 2.05) is 0 Å². The van der Waals surface area contributed by atoms with Crippen LogP contribution in [0.15, 0.2) is 0 Å². The second kappa shape index (κ2) is 12.6. The first kappa shape index (κ1) is 19.9. The van der Waals surface area contributed by atoms with Crippen molar-refractivity contribution in [2.45, 2.75) is 110 Å². The number of hydrogen-bond donors (Lipinski definition) is 0. The Labute approximate surface area is 125 Å². The molecule has 0 radical (unpaired) electrons. The first-order chi connectivity index (χ1) is 9.50. The van der Waals surface area contributed by atoms with Gasteiger partial charge in [-0.3, -0.25) is 0 Å². The summed E-state index contributed by atoms with van der Waals surface area (Å²) in [5, 5.41) is 0. The molecule has 0 nitrogen and oxygen atoms in total. The predicted molar refractivity (Wildman–Crippen MR) is 85.5 cm³/mol. The van der Waals surface area contributed by atoms with E-state index >= 15 is 0 Å². The Morgan fingerprint density at radius 3 is 1.35 bits per heavy atom. The maximum Gasteiger partial charge on any atom is 0.250 e. The highest BCUT2D eigenvalue weighted by Crippen LogP contribution is 2.30. The van der Waals surface area contributed by atoms with Crippen LogP contribution in [0.4, 0.5) is 8.78 Å². The molecule has 0 N–H and O–H groups in total.